The van der Waals surface area contributed by atoms with Gasteiger partial charge in [0.2, 0.25) is 0 Å². The second-order valence-electron chi connectivity index (χ2n) is 4.90. The molecule has 0 fully saturated rings. The van der Waals surface area contributed by atoms with Crippen LogP contribution in [0.1, 0.15) is 15.9 Å². The van der Waals surface area contributed by atoms with Crippen LogP contribution < -0.4 is 10.1 Å². The smallest absolute Gasteiger partial charge is 0.416 e. The zero-order chi connectivity index (χ0) is 18.4. The average molecular weight is 353 g/mol. The van der Waals surface area contributed by atoms with Gasteiger partial charge in [0.25, 0.3) is 5.91 Å². The first kappa shape index (κ1) is 18.3. The Hall–Kier alpha value is -3.03. The maximum Gasteiger partial charge on any atom is 0.416 e. The molecule has 0 aromatic heterocycles. The third-order valence-corrected chi connectivity index (χ3v) is 3.15. The maximum atomic E-state index is 12.5. The van der Waals surface area contributed by atoms with Gasteiger partial charge in [-0.05, 0) is 36.4 Å². The van der Waals surface area contributed by atoms with Gasteiger partial charge in [-0.2, -0.15) is 13.2 Å². The van der Waals surface area contributed by atoms with Crippen molar-refractivity contribution in [2.24, 2.45) is 0 Å². The van der Waals surface area contributed by atoms with Crippen molar-refractivity contribution >= 4 is 17.6 Å². The Kier molecular flexibility index (Phi) is 5.63. The summed E-state index contributed by atoms with van der Waals surface area (Å²) in [7, 11) is 1.22. The Bertz CT molecular complexity index is 757. The SMILES string of the molecule is COC(=O)c1ccccc1OCC(=O)Nc1ccc(C(F)(F)F)cc1. The van der Waals surface area contributed by atoms with Gasteiger partial charge in [-0.1, -0.05) is 12.1 Å². The maximum absolute atomic E-state index is 12.5. The van der Waals surface area contributed by atoms with E-state index in [0.29, 0.717) is 0 Å². The zero-order valence-electron chi connectivity index (χ0n) is 13.1. The van der Waals surface area contributed by atoms with E-state index < -0.39 is 30.2 Å². The summed E-state index contributed by atoms with van der Waals surface area (Å²) in [5, 5.41) is 2.41. The molecule has 0 radical (unpaired) electrons. The number of nitrogens with one attached hydrogen (secondary N) is 1. The molecule has 0 saturated heterocycles. The first-order chi connectivity index (χ1) is 11.8. The molecule has 0 bridgehead atoms. The summed E-state index contributed by atoms with van der Waals surface area (Å²) in [6.45, 7) is -0.422. The summed E-state index contributed by atoms with van der Waals surface area (Å²) in [5.74, 6) is -1.03. The van der Waals surface area contributed by atoms with Crippen LogP contribution in [0.5, 0.6) is 5.75 Å². The molecule has 5 nitrogen and oxygen atoms in total. The summed E-state index contributed by atoms with van der Waals surface area (Å²) < 4.78 is 47.3. The number of carbonyl (C=O) groups excluding carboxylic acids is 2. The first-order valence-electron chi connectivity index (χ1n) is 7.08. The van der Waals surface area contributed by atoms with Crippen LogP contribution in [0.25, 0.3) is 0 Å². The number of ether oxygens (including phenoxy) is 2. The predicted octanol–water partition coefficient (Wildman–Crippen LogP) is 3.51. The molecule has 25 heavy (non-hydrogen) atoms. The molecule has 0 heterocycles. The molecule has 132 valence electrons. The molecular weight excluding hydrogens is 339 g/mol. The number of halogens is 3. The lowest BCUT2D eigenvalue weighted by Gasteiger charge is -2.11. The van der Waals surface area contributed by atoms with Crippen molar-refractivity contribution in [1.29, 1.82) is 0 Å². The number of alkyl halides is 3. The molecule has 2 aromatic carbocycles. The van der Waals surface area contributed by atoms with E-state index in [1.165, 1.54) is 19.2 Å². The molecule has 0 aliphatic heterocycles. The highest BCUT2D eigenvalue weighted by molar-refractivity contribution is 5.94. The Morgan fingerprint density at radius 3 is 2.28 bits per heavy atom. The summed E-state index contributed by atoms with van der Waals surface area (Å²) in [4.78, 5) is 23.4. The van der Waals surface area contributed by atoms with Crippen molar-refractivity contribution in [3.05, 3.63) is 59.7 Å². The molecule has 8 heteroatoms. The minimum absolute atomic E-state index is 0.160. The van der Waals surface area contributed by atoms with E-state index in [2.05, 4.69) is 10.1 Å². The highest BCUT2D eigenvalue weighted by Gasteiger charge is 2.30. The molecule has 0 spiro atoms. The minimum atomic E-state index is -4.44. The monoisotopic (exact) mass is 353 g/mol. The van der Waals surface area contributed by atoms with Crippen molar-refractivity contribution in [3.63, 3.8) is 0 Å². The van der Waals surface area contributed by atoms with E-state index in [1.54, 1.807) is 12.1 Å². The van der Waals surface area contributed by atoms with E-state index in [1.807, 2.05) is 0 Å². The Morgan fingerprint density at radius 2 is 1.68 bits per heavy atom. The van der Waals surface area contributed by atoms with Crippen LogP contribution in [0.2, 0.25) is 0 Å². The lowest BCUT2D eigenvalue weighted by Crippen LogP contribution is -2.21. The number of esters is 1. The summed E-state index contributed by atoms with van der Waals surface area (Å²) >= 11 is 0. The number of carbonyl (C=O) groups is 2. The fourth-order valence-corrected chi connectivity index (χ4v) is 1.95. The number of hydrogen-bond acceptors (Lipinski definition) is 4. The van der Waals surface area contributed by atoms with Gasteiger partial charge in [0.1, 0.15) is 11.3 Å². The van der Waals surface area contributed by atoms with Gasteiger partial charge in [0.15, 0.2) is 6.61 Å². The number of hydrogen-bond donors (Lipinski definition) is 1. The number of methoxy groups -OCH3 is 1. The van der Waals surface area contributed by atoms with E-state index in [9.17, 15) is 22.8 Å². The highest BCUT2D eigenvalue weighted by atomic mass is 19.4. The van der Waals surface area contributed by atoms with E-state index >= 15 is 0 Å². The number of benzene rings is 2. The molecular formula is C17H14F3NO4. The van der Waals surface area contributed by atoms with Gasteiger partial charge in [-0.15, -0.1) is 0 Å². The quantitative estimate of drug-likeness (QED) is 0.836. The molecule has 1 amide bonds. The van der Waals surface area contributed by atoms with Crippen LogP contribution in [0.4, 0.5) is 18.9 Å². The summed E-state index contributed by atoms with van der Waals surface area (Å²) in [6, 6.07) is 10.2. The number of amides is 1. The van der Waals surface area contributed by atoms with Crippen LogP contribution in [0.3, 0.4) is 0 Å². The molecule has 1 N–H and O–H groups in total. The molecule has 0 aliphatic carbocycles. The highest BCUT2D eigenvalue weighted by Crippen LogP contribution is 2.29. The topological polar surface area (TPSA) is 64.6 Å². The van der Waals surface area contributed by atoms with E-state index in [-0.39, 0.29) is 17.0 Å². The molecule has 0 atom stereocenters. The third kappa shape index (κ3) is 4.97. The van der Waals surface area contributed by atoms with Crippen LogP contribution in [-0.2, 0) is 15.7 Å². The van der Waals surface area contributed by atoms with Crippen LogP contribution in [0.15, 0.2) is 48.5 Å². The molecule has 2 rings (SSSR count). The van der Waals surface area contributed by atoms with Crippen molar-refractivity contribution < 1.29 is 32.2 Å². The summed E-state index contributed by atoms with van der Waals surface area (Å²) in [6.07, 6.45) is -4.44. The second-order valence-corrected chi connectivity index (χ2v) is 4.90. The number of para-hydroxylation sites is 1. The van der Waals surface area contributed by atoms with Crippen molar-refractivity contribution in [2.75, 3.05) is 19.0 Å². The Morgan fingerprint density at radius 1 is 1.04 bits per heavy atom. The van der Waals surface area contributed by atoms with E-state index in [0.717, 1.165) is 24.3 Å². The fraction of sp³-hybridized carbons (Fsp3) is 0.176. The number of anilines is 1. The van der Waals surface area contributed by atoms with Crippen LogP contribution >= 0.6 is 0 Å². The van der Waals surface area contributed by atoms with Gasteiger partial charge in [0, 0.05) is 5.69 Å². The average Bonchev–Trinajstić information content (AvgIpc) is 2.59. The van der Waals surface area contributed by atoms with Crippen LogP contribution in [-0.4, -0.2) is 25.6 Å². The van der Waals surface area contributed by atoms with Crippen molar-refractivity contribution in [3.8, 4) is 5.75 Å². The van der Waals surface area contributed by atoms with Gasteiger partial charge < -0.3 is 14.8 Å². The largest absolute Gasteiger partial charge is 0.483 e. The standard InChI is InChI=1S/C17H14F3NO4/c1-24-16(23)13-4-2-3-5-14(13)25-10-15(22)21-12-8-6-11(7-9-12)17(18,19)20/h2-9H,10H2,1H3,(H,21,22). The first-order valence-corrected chi connectivity index (χ1v) is 7.08. The normalized spacial score (nSPS) is 10.9. The molecule has 0 saturated carbocycles. The minimum Gasteiger partial charge on any atom is -0.483 e. The molecule has 2 aromatic rings. The van der Waals surface area contributed by atoms with Crippen molar-refractivity contribution in [1.82, 2.24) is 0 Å². The lowest BCUT2D eigenvalue weighted by atomic mass is 10.2. The number of rotatable bonds is 5. The van der Waals surface area contributed by atoms with Crippen molar-refractivity contribution in [2.45, 2.75) is 6.18 Å². The van der Waals surface area contributed by atoms with Gasteiger partial charge in [-0.3, -0.25) is 4.79 Å². The zero-order valence-corrected chi connectivity index (χ0v) is 13.1. The lowest BCUT2D eigenvalue weighted by molar-refractivity contribution is -0.137. The van der Waals surface area contributed by atoms with Gasteiger partial charge in [0.05, 0.1) is 12.7 Å². The third-order valence-electron chi connectivity index (χ3n) is 3.15. The predicted molar refractivity (Wildman–Crippen MR) is 83.4 cm³/mol. The van der Waals surface area contributed by atoms with Crippen LogP contribution in [0, 0.1) is 0 Å². The Labute approximate surface area is 141 Å². The molecule has 0 unspecified atom stereocenters. The second kappa shape index (κ2) is 7.69. The molecule has 0 aliphatic rings. The van der Waals surface area contributed by atoms with Gasteiger partial charge in [-0.25, -0.2) is 4.79 Å². The van der Waals surface area contributed by atoms with E-state index in [4.69, 9.17) is 4.74 Å². The fourth-order valence-electron chi connectivity index (χ4n) is 1.95. The summed E-state index contributed by atoms with van der Waals surface area (Å²) in [5.41, 5.74) is -0.455. The van der Waals surface area contributed by atoms with Gasteiger partial charge >= 0.3 is 12.1 Å². The Balaban J connectivity index is 1.97.